The zero-order chi connectivity index (χ0) is 14.3. The summed E-state index contributed by atoms with van der Waals surface area (Å²) in [6.45, 7) is 5.59. The number of methoxy groups -OCH3 is 1. The number of ketones is 1. The zero-order valence-corrected chi connectivity index (χ0v) is 12.5. The maximum Gasteiger partial charge on any atom is 0.129 e. The van der Waals surface area contributed by atoms with Gasteiger partial charge in [0.15, 0.2) is 0 Å². The molecule has 0 bridgehead atoms. The third kappa shape index (κ3) is 5.43. The fourth-order valence-corrected chi connectivity index (χ4v) is 2.14. The molecule has 0 aliphatic rings. The molecule has 0 amide bonds. The molecule has 0 N–H and O–H groups in total. The van der Waals surface area contributed by atoms with E-state index in [1.807, 2.05) is 6.07 Å². The van der Waals surface area contributed by atoms with E-state index in [0.29, 0.717) is 6.42 Å². The topological polar surface area (TPSA) is 29.5 Å². The summed E-state index contributed by atoms with van der Waals surface area (Å²) < 4.78 is 5.41. The molecule has 0 fully saturated rings. The van der Waals surface area contributed by atoms with E-state index in [4.69, 9.17) is 4.74 Å². The Hall–Kier alpha value is -1.35. The Bertz CT molecular complexity index is 415. The molecule has 0 saturated heterocycles. The van der Waals surface area contributed by atoms with Gasteiger partial charge in [-0.1, -0.05) is 19.1 Å². The number of Topliss-reactive ketones (excluding diaryl/α,β-unsaturated/α-hetero) is 1. The first-order valence-electron chi connectivity index (χ1n) is 6.90. The lowest BCUT2D eigenvalue weighted by Crippen LogP contribution is -2.20. The van der Waals surface area contributed by atoms with Crippen LogP contribution in [0.5, 0.6) is 5.75 Å². The van der Waals surface area contributed by atoms with Gasteiger partial charge in [-0.2, -0.15) is 0 Å². The number of hydrogen-bond acceptors (Lipinski definition) is 3. The summed E-state index contributed by atoms with van der Waals surface area (Å²) in [7, 11) is 3.79. The molecule has 0 radical (unpaired) electrons. The van der Waals surface area contributed by atoms with Crippen LogP contribution in [0.15, 0.2) is 18.2 Å². The van der Waals surface area contributed by atoms with Crippen LogP contribution in [-0.2, 0) is 17.8 Å². The van der Waals surface area contributed by atoms with Gasteiger partial charge in [-0.05, 0) is 45.0 Å². The van der Waals surface area contributed by atoms with E-state index < -0.39 is 0 Å². The van der Waals surface area contributed by atoms with Crippen LogP contribution in [0.2, 0.25) is 0 Å². The fourth-order valence-electron chi connectivity index (χ4n) is 2.14. The molecule has 19 heavy (non-hydrogen) atoms. The van der Waals surface area contributed by atoms with Crippen LogP contribution >= 0.6 is 0 Å². The number of carbonyl (C=O) groups is 1. The monoisotopic (exact) mass is 263 g/mol. The molecule has 0 unspecified atom stereocenters. The first kappa shape index (κ1) is 15.7. The van der Waals surface area contributed by atoms with Crippen LogP contribution < -0.4 is 4.74 Å². The molecule has 106 valence electrons. The Morgan fingerprint density at radius 1 is 1.37 bits per heavy atom. The molecular formula is C16H25NO2. The minimum Gasteiger partial charge on any atom is -0.496 e. The number of aryl methyl sites for hydroxylation is 1. The highest BCUT2D eigenvalue weighted by atomic mass is 16.5. The van der Waals surface area contributed by atoms with Gasteiger partial charge in [-0.15, -0.1) is 0 Å². The van der Waals surface area contributed by atoms with Crippen molar-refractivity contribution in [3.8, 4) is 5.75 Å². The van der Waals surface area contributed by atoms with Crippen LogP contribution in [0.1, 0.15) is 37.8 Å². The van der Waals surface area contributed by atoms with E-state index in [1.165, 1.54) is 11.1 Å². The van der Waals surface area contributed by atoms with E-state index in [0.717, 1.165) is 31.7 Å². The van der Waals surface area contributed by atoms with E-state index >= 15 is 0 Å². The predicted octanol–water partition coefficient (Wildman–Crippen LogP) is 3.06. The highest BCUT2D eigenvalue weighted by Crippen LogP contribution is 2.21. The third-order valence-corrected chi connectivity index (χ3v) is 3.26. The fraction of sp³-hybridized carbons (Fsp3) is 0.562. The van der Waals surface area contributed by atoms with E-state index in [-0.39, 0.29) is 5.78 Å². The number of rotatable bonds is 8. The third-order valence-electron chi connectivity index (χ3n) is 3.26. The summed E-state index contributed by atoms with van der Waals surface area (Å²) >= 11 is 0. The lowest BCUT2D eigenvalue weighted by atomic mass is 10.1. The quantitative estimate of drug-likeness (QED) is 0.722. The minimum atomic E-state index is 0.263. The molecule has 0 spiro atoms. The van der Waals surface area contributed by atoms with Crippen molar-refractivity contribution in [3.05, 3.63) is 29.3 Å². The Labute approximate surface area is 116 Å². The standard InChI is InChI=1S/C16H25NO2/c1-5-14-8-9-16(19-4)15(11-14)12-17(3)10-6-7-13(2)18/h8-9,11H,5-7,10,12H2,1-4H3. The Balaban J connectivity index is 2.61. The van der Waals surface area contributed by atoms with Gasteiger partial charge in [0, 0.05) is 18.5 Å². The summed E-state index contributed by atoms with van der Waals surface area (Å²) in [5.74, 6) is 1.20. The Morgan fingerprint density at radius 2 is 2.11 bits per heavy atom. The minimum absolute atomic E-state index is 0.263. The van der Waals surface area contributed by atoms with Gasteiger partial charge in [0.05, 0.1) is 7.11 Å². The summed E-state index contributed by atoms with van der Waals surface area (Å²) in [4.78, 5) is 13.2. The molecule has 0 aliphatic heterocycles. The second kappa shape index (κ2) is 7.95. The molecule has 0 atom stereocenters. The lowest BCUT2D eigenvalue weighted by Gasteiger charge is -2.18. The first-order chi connectivity index (χ1) is 9.06. The molecule has 3 heteroatoms. The Morgan fingerprint density at radius 3 is 2.68 bits per heavy atom. The molecule has 1 rings (SSSR count). The van der Waals surface area contributed by atoms with Gasteiger partial charge in [0.2, 0.25) is 0 Å². The van der Waals surface area contributed by atoms with Crippen molar-refractivity contribution in [2.45, 2.75) is 39.7 Å². The smallest absolute Gasteiger partial charge is 0.129 e. The van der Waals surface area contributed by atoms with Crippen molar-refractivity contribution in [2.75, 3.05) is 20.7 Å². The van der Waals surface area contributed by atoms with E-state index in [9.17, 15) is 4.79 Å². The molecule has 3 nitrogen and oxygen atoms in total. The predicted molar refractivity (Wildman–Crippen MR) is 78.6 cm³/mol. The summed E-state index contributed by atoms with van der Waals surface area (Å²) in [5, 5.41) is 0. The number of hydrogen-bond donors (Lipinski definition) is 0. The zero-order valence-electron chi connectivity index (χ0n) is 12.5. The van der Waals surface area contributed by atoms with Gasteiger partial charge in [0.25, 0.3) is 0 Å². The first-order valence-corrected chi connectivity index (χ1v) is 6.90. The molecule has 0 aliphatic carbocycles. The molecule has 1 aromatic rings. The molecule has 0 aromatic heterocycles. The van der Waals surface area contributed by atoms with Gasteiger partial charge < -0.3 is 14.4 Å². The average molecular weight is 263 g/mol. The number of carbonyl (C=O) groups excluding carboxylic acids is 1. The van der Waals surface area contributed by atoms with Gasteiger partial charge >= 0.3 is 0 Å². The summed E-state index contributed by atoms with van der Waals surface area (Å²) in [6, 6.07) is 6.36. The van der Waals surface area contributed by atoms with Crippen LogP contribution in [0.25, 0.3) is 0 Å². The van der Waals surface area contributed by atoms with Crippen molar-refractivity contribution in [2.24, 2.45) is 0 Å². The van der Waals surface area contributed by atoms with Gasteiger partial charge in [-0.25, -0.2) is 0 Å². The summed E-state index contributed by atoms with van der Waals surface area (Å²) in [5.41, 5.74) is 2.54. The normalized spacial score (nSPS) is 10.8. The van der Waals surface area contributed by atoms with Crippen molar-refractivity contribution in [1.82, 2.24) is 4.90 Å². The van der Waals surface area contributed by atoms with Crippen LogP contribution in [0.4, 0.5) is 0 Å². The average Bonchev–Trinajstić information content (AvgIpc) is 2.38. The maximum absolute atomic E-state index is 10.9. The molecular weight excluding hydrogens is 238 g/mol. The van der Waals surface area contributed by atoms with Gasteiger partial charge in [-0.3, -0.25) is 0 Å². The number of benzene rings is 1. The van der Waals surface area contributed by atoms with E-state index in [1.54, 1.807) is 14.0 Å². The van der Waals surface area contributed by atoms with Crippen LogP contribution in [0, 0.1) is 0 Å². The van der Waals surface area contributed by atoms with Crippen molar-refractivity contribution in [1.29, 1.82) is 0 Å². The largest absolute Gasteiger partial charge is 0.496 e. The second-order valence-electron chi connectivity index (χ2n) is 5.04. The Kier molecular flexibility index (Phi) is 6.57. The molecule has 0 saturated carbocycles. The summed E-state index contributed by atoms with van der Waals surface area (Å²) in [6.07, 6.45) is 2.61. The van der Waals surface area contributed by atoms with Crippen molar-refractivity contribution >= 4 is 5.78 Å². The van der Waals surface area contributed by atoms with Crippen LogP contribution in [0.3, 0.4) is 0 Å². The lowest BCUT2D eigenvalue weighted by molar-refractivity contribution is -0.117. The second-order valence-corrected chi connectivity index (χ2v) is 5.04. The highest BCUT2D eigenvalue weighted by molar-refractivity contribution is 5.75. The highest BCUT2D eigenvalue weighted by Gasteiger charge is 2.07. The van der Waals surface area contributed by atoms with E-state index in [2.05, 4.69) is 31.0 Å². The number of ether oxygens (including phenoxy) is 1. The van der Waals surface area contributed by atoms with Crippen molar-refractivity contribution in [3.63, 3.8) is 0 Å². The molecule has 0 heterocycles. The number of nitrogens with zero attached hydrogens (tertiary/aromatic N) is 1. The molecule has 1 aromatic carbocycles. The maximum atomic E-state index is 10.9. The van der Waals surface area contributed by atoms with Gasteiger partial charge in [0.1, 0.15) is 11.5 Å². The SMILES string of the molecule is CCc1ccc(OC)c(CN(C)CCCC(C)=O)c1. The van der Waals surface area contributed by atoms with Crippen LogP contribution in [-0.4, -0.2) is 31.4 Å². The van der Waals surface area contributed by atoms with Crippen molar-refractivity contribution < 1.29 is 9.53 Å².